The molecule has 0 spiro atoms. The highest BCUT2D eigenvalue weighted by atomic mass is 19.1. The summed E-state index contributed by atoms with van der Waals surface area (Å²) in [6.07, 6.45) is 3.50. The molecule has 1 unspecified atom stereocenters. The summed E-state index contributed by atoms with van der Waals surface area (Å²) in [5.41, 5.74) is 2.74. The van der Waals surface area contributed by atoms with Gasteiger partial charge in [0.2, 0.25) is 0 Å². The third-order valence-electron chi connectivity index (χ3n) is 3.96. The molecule has 0 radical (unpaired) electrons. The maximum Gasteiger partial charge on any atom is 0.123 e. The fourth-order valence-corrected chi connectivity index (χ4v) is 2.32. The highest BCUT2D eigenvalue weighted by Crippen LogP contribution is 2.48. The SMILES string of the molecule is CNC(Cc1cc(F)ccc1C)C1(C)CC1. The zero-order chi connectivity index (χ0) is 11.8. The van der Waals surface area contributed by atoms with Crippen molar-refractivity contribution in [2.45, 2.75) is 39.2 Å². The molecule has 0 aliphatic heterocycles. The second-order valence-electron chi connectivity index (χ2n) is 5.27. The minimum atomic E-state index is -0.128. The van der Waals surface area contributed by atoms with Crippen LogP contribution in [0.25, 0.3) is 0 Å². The highest BCUT2D eigenvalue weighted by Gasteiger charge is 2.43. The Labute approximate surface area is 97.1 Å². The number of likely N-dealkylation sites (N-methyl/N-ethyl adjacent to an activating group) is 1. The van der Waals surface area contributed by atoms with Crippen molar-refractivity contribution in [1.29, 1.82) is 0 Å². The van der Waals surface area contributed by atoms with Gasteiger partial charge in [-0.2, -0.15) is 0 Å². The number of benzene rings is 1. The summed E-state index contributed by atoms with van der Waals surface area (Å²) in [5.74, 6) is -0.128. The van der Waals surface area contributed by atoms with E-state index in [9.17, 15) is 4.39 Å². The molecule has 0 bridgehead atoms. The Bertz CT molecular complexity index is 382. The lowest BCUT2D eigenvalue weighted by molar-refractivity contribution is 0.375. The molecule has 0 heterocycles. The molecule has 0 saturated heterocycles. The molecule has 0 amide bonds. The van der Waals surface area contributed by atoms with Crippen LogP contribution >= 0.6 is 0 Å². The summed E-state index contributed by atoms with van der Waals surface area (Å²) >= 11 is 0. The topological polar surface area (TPSA) is 12.0 Å². The first-order valence-electron chi connectivity index (χ1n) is 5.97. The van der Waals surface area contributed by atoms with Gasteiger partial charge in [0.15, 0.2) is 0 Å². The molecule has 1 N–H and O–H groups in total. The van der Waals surface area contributed by atoms with Crippen LogP contribution < -0.4 is 5.32 Å². The molecule has 1 aliphatic rings. The largest absolute Gasteiger partial charge is 0.316 e. The lowest BCUT2D eigenvalue weighted by Gasteiger charge is -2.24. The smallest absolute Gasteiger partial charge is 0.123 e. The Kier molecular flexibility index (Phi) is 3.02. The Balaban J connectivity index is 2.15. The molecule has 1 aromatic rings. The molecule has 2 heteroatoms. The predicted molar refractivity (Wildman–Crippen MR) is 65.0 cm³/mol. The monoisotopic (exact) mass is 221 g/mol. The van der Waals surface area contributed by atoms with E-state index in [0.717, 1.165) is 12.0 Å². The molecule has 1 atom stereocenters. The Morgan fingerprint density at radius 3 is 2.69 bits per heavy atom. The van der Waals surface area contributed by atoms with Gasteiger partial charge in [-0.25, -0.2) is 4.39 Å². The minimum Gasteiger partial charge on any atom is -0.316 e. The number of rotatable bonds is 4. The quantitative estimate of drug-likeness (QED) is 0.824. The Morgan fingerprint density at radius 2 is 2.12 bits per heavy atom. The van der Waals surface area contributed by atoms with Crippen LogP contribution in [0.15, 0.2) is 18.2 Å². The zero-order valence-corrected chi connectivity index (χ0v) is 10.3. The van der Waals surface area contributed by atoms with Crippen LogP contribution in [0, 0.1) is 18.2 Å². The number of halogens is 1. The van der Waals surface area contributed by atoms with Crippen molar-refractivity contribution < 1.29 is 4.39 Å². The molecular formula is C14H20FN. The molecule has 1 nitrogen and oxygen atoms in total. The maximum absolute atomic E-state index is 13.2. The third-order valence-corrected chi connectivity index (χ3v) is 3.96. The van der Waals surface area contributed by atoms with E-state index in [0.29, 0.717) is 11.5 Å². The van der Waals surface area contributed by atoms with E-state index < -0.39 is 0 Å². The molecule has 1 aliphatic carbocycles. The summed E-state index contributed by atoms with van der Waals surface area (Å²) < 4.78 is 13.2. The first kappa shape index (κ1) is 11.6. The Hall–Kier alpha value is -0.890. The van der Waals surface area contributed by atoms with Crippen LogP contribution in [-0.2, 0) is 6.42 Å². The fraction of sp³-hybridized carbons (Fsp3) is 0.571. The average Bonchev–Trinajstić information content (AvgIpc) is 2.99. The van der Waals surface area contributed by atoms with Gasteiger partial charge in [-0.15, -0.1) is 0 Å². The Morgan fingerprint density at radius 1 is 1.44 bits per heavy atom. The second kappa shape index (κ2) is 4.17. The molecule has 16 heavy (non-hydrogen) atoms. The third kappa shape index (κ3) is 2.27. The van der Waals surface area contributed by atoms with Gasteiger partial charge in [-0.3, -0.25) is 0 Å². The molecule has 1 fully saturated rings. The van der Waals surface area contributed by atoms with E-state index in [1.165, 1.54) is 24.5 Å². The molecule has 88 valence electrons. The van der Waals surface area contributed by atoms with Gasteiger partial charge < -0.3 is 5.32 Å². The van der Waals surface area contributed by atoms with Gasteiger partial charge in [0, 0.05) is 6.04 Å². The minimum absolute atomic E-state index is 0.128. The molecular weight excluding hydrogens is 201 g/mol. The number of aryl methyl sites for hydroxylation is 1. The normalized spacial score (nSPS) is 19.5. The fourth-order valence-electron chi connectivity index (χ4n) is 2.32. The van der Waals surface area contributed by atoms with Crippen molar-refractivity contribution in [2.24, 2.45) is 5.41 Å². The van der Waals surface area contributed by atoms with Crippen LogP contribution in [-0.4, -0.2) is 13.1 Å². The van der Waals surface area contributed by atoms with Crippen LogP contribution in [0.3, 0.4) is 0 Å². The number of nitrogens with one attached hydrogen (secondary N) is 1. The van der Waals surface area contributed by atoms with Crippen LogP contribution in [0.5, 0.6) is 0 Å². The van der Waals surface area contributed by atoms with Crippen molar-refractivity contribution in [3.63, 3.8) is 0 Å². The predicted octanol–water partition coefficient (Wildman–Crippen LogP) is 3.06. The van der Waals surface area contributed by atoms with Crippen molar-refractivity contribution in [1.82, 2.24) is 5.32 Å². The van der Waals surface area contributed by atoms with Crippen LogP contribution in [0.2, 0.25) is 0 Å². The van der Waals surface area contributed by atoms with Crippen molar-refractivity contribution >= 4 is 0 Å². The molecule has 1 saturated carbocycles. The number of hydrogen-bond donors (Lipinski definition) is 1. The summed E-state index contributed by atoms with van der Waals surface area (Å²) in [6.45, 7) is 4.36. The van der Waals surface area contributed by atoms with Crippen molar-refractivity contribution in [3.8, 4) is 0 Å². The summed E-state index contributed by atoms with van der Waals surface area (Å²) in [6, 6.07) is 5.54. The van der Waals surface area contributed by atoms with E-state index in [4.69, 9.17) is 0 Å². The highest BCUT2D eigenvalue weighted by molar-refractivity contribution is 5.28. The molecule has 2 rings (SSSR count). The van der Waals surface area contributed by atoms with Crippen molar-refractivity contribution in [2.75, 3.05) is 7.05 Å². The van der Waals surface area contributed by atoms with E-state index in [1.54, 1.807) is 6.07 Å². The summed E-state index contributed by atoms with van der Waals surface area (Å²) in [4.78, 5) is 0. The van der Waals surface area contributed by atoms with Gasteiger partial charge in [0.05, 0.1) is 0 Å². The first-order valence-corrected chi connectivity index (χ1v) is 5.97. The second-order valence-corrected chi connectivity index (χ2v) is 5.27. The first-order chi connectivity index (χ1) is 7.55. The lowest BCUT2D eigenvalue weighted by Crippen LogP contribution is -2.35. The van der Waals surface area contributed by atoms with E-state index in [-0.39, 0.29) is 5.82 Å². The lowest BCUT2D eigenvalue weighted by atomic mass is 9.91. The van der Waals surface area contributed by atoms with Gasteiger partial charge in [0.25, 0.3) is 0 Å². The maximum atomic E-state index is 13.2. The average molecular weight is 221 g/mol. The van der Waals surface area contributed by atoms with Gasteiger partial charge in [-0.1, -0.05) is 13.0 Å². The van der Waals surface area contributed by atoms with E-state index in [1.807, 2.05) is 13.1 Å². The molecule has 0 aromatic heterocycles. The van der Waals surface area contributed by atoms with Crippen LogP contribution in [0.4, 0.5) is 4.39 Å². The summed E-state index contributed by atoms with van der Waals surface area (Å²) in [7, 11) is 2.00. The van der Waals surface area contributed by atoms with E-state index in [2.05, 4.69) is 19.2 Å². The summed E-state index contributed by atoms with van der Waals surface area (Å²) in [5, 5.41) is 3.38. The van der Waals surface area contributed by atoms with Crippen molar-refractivity contribution in [3.05, 3.63) is 35.1 Å². The van der Waals surface area contributed by atoms with Gasteiger partial charge in [-0.05, 0) is 61.9 Å². The number of hydrogen-bond acceptors (Lipinski definition) is 1. The zero-order valence-electron chi connectivity index (χ0n) is 10.3. The molecule has 1 aromatic carbocycles. The van der Waals surface area contributed by atoms with E-state index >= 15 is 0 Å². The standard InChI is InChI=1S/C14H20FN/c1-10-4-5-12(15)8-11(10)9-13(16-3)14(2)6-7-14/h4-5,8,13,16H,6-7,9H2,1-3H3. The van der Waals surface area contributed by atoms with Gasteiger partial charge >= 0.3 is 0 Å². The van der Waals surface area contributed by atoms with Gasteiger partial charge in [0.1, 0.15) is 5.82 Å². The van der Waals surface area contributed by atoms with Crippen LogP contribution in [0.1, 0.15) is 30.9 Å².